The zero-order valence-corrected chi connectivity index (χ0v) is 26.1. The Balaban J connectivity index is 1.49. The van der Waals surface area contributed by atoms with E-state index < -0.39 is 22.5 Å². The molecule has 224 valence electrons. The molecule has 0 unspecified atom stereocenters. The van der Waals surface area contributed by atoms with Crippen LogP contribution in [0.2, 0.25) is 5.02 Å². The summed E-state index contributed by atoms with van der Waals surface area (Å²) in [6.07, 6.45) is 1.46. The highest BCUT2D eigenvalue weighted by Gasteiger charge is 2.27. The maximum absolute atomic E-state index is 13.7. The van der Waals surface area contributed by atoms with Crippen LogP contribution in [0, 0.1) is 20.8 Å². The van der Waals surface area contributed by atoms with Crippen molar-refractivity contribution in [2.75, 3.05) is 17.5 Å². The fourth-order valence-corrected chi connectivity index (χ4v) is 5.99. The Bertz CT molecular complexity index is 1700. The van der Waals surface area contributed by atoms with Crippen molar-refractivity contribution < 1.29 is 22.7 Å². The molecule has 43 heavy (non-hydrogen) atoms. The second kappa shape index (κ2) is 14.2. The number of halogens is 1. The van der Waals surface area contributed by atoms with Crippen LogP contribution in [0.25, 0.3) is 0 Å². The molecule has 4 aromatic carbocycles. The van der Waals surface area contributed by atoms with Gasteiger partial charge in [-0.2, -0.15) is 5.10 Å². The van der Waals surface area contributed by atoms with Crippen molar-refractivity contribution in [1.29, 1.82) is 0 Å². The lowest BCUT2D eigenvalue weighted by atomic mass is 10.1. The minimum absolute atomic E-state index is 0.0923. The molecule has 0 aliphatic carbocycles. The van der Waals surface area contributed by atoms with Gasteiger partial charge in [0.2, 0.25) is 0 Å². The number of hydrazone groups is 1. The van der Waals surface area contributed by atoms with Gasteiger partial charge >= 0.3 is 0 Å². The van der Waals surface area contributed by atoms with E-state index in [1.165, 1.54) is 18.3 Å². The number of anilines is 1. The highest BCUT2D eigenvalue weighted by Crippen LogP contribution is 2.29. The molecule has 0 saturated carbocycles. The van der Waals surface area contributed by atoms with Crippen LogP contribution in [0.5, 0.6) is 11.5 Å². The van der Waals surface area contributed by atoms with Crippen LogP contribution in [0.3, 0.4) is 0 Å². The molecular formula is C33H34ClN3O5S. The molecule has 8 nitrogen and oxygen atoms in total. The molecule has 0 aliphatic rings. The number of aryl methyl sites for hydroxylation is 3. The number of carbonyl (C=O) groups excluding carboxylic acids is 1. The summed E-state index contributed by atoms with van der Waals surface area (Å²) in [6, 6.07) is 24.6. The Kier molecular flexibility index (Phi) is 10.4. The Morgan fingerprint density at radius 2 is 1.60 bits per heavy atom. The lowest BCUT2D eigenvalue weighted by molar-refractivity contribution is -0.119. The van der Waals surface area contributed by atoms with E-state index in [2.05, 4.69) is 10.5 Å². The quantitative estimate of drug-likeness (QED) is 0.143. The summed E-state index contributed by atoms with van der Waals surface area (Å²) in [5, 5.41) is 4.70. The molecule has 10 heteroatoms. The molecular weight excluding hydrogens is 586 g/mol. The van der Waals surface area contributed by atoms with Crippen LogP contribution in [-0.4, -0.2) is 33.7 Å². The minimum atomic E-state index is -4.04. The average molecular weight is 620 g/mol. The number of amides is 1. The first-order chi connectivity index (χ1) is 20.5. The van der Waals surface area contributed by atoms with Gasteiger partial charge in [0.25, 0.3) is 15.9 Å². The van der Waals surface area contributed by atoms with Crippen LogP contribution in [0.15, 0.2) is 94.9 Å². The van der Waals surface area contributed by atoms with Gasteiger partial charge in [0, 0.05) is 5.02 Å². The molecule has 0 aromatic heterocycles. The molecule has 1 N–H and O–H groups in total. The van der Waals surface area contributed by atoms with Crippen molar-refractivity contribution in [2.24, 2.45) is 5.10 Å². The SMILES string of the molecule is CCOc1cc(/C=N\NC(=O)CN(c2cc(C)cc(C)c2)S(=O)(=O)c2ccc(C)cc2)ccc1OCc1cccc(Cl)c1. The van der Waals surface area contributed by atoms with Gasteiger partial charge in [-0.1, -0.05) is 47.5 Å². The summed E-state index contributed by atoms with van der Waals surface area (Å²) in [7, 11) is -4.04. The van der Waals surface area contributed by atoms with Gasteiger partial charge in [0.15, 0.2) is 11.5 Å². The summed E-state index contributed by atoms with van der Waals surface area (Å²) in [4.78, 5) is 13.1. The molecule has 0 bridgehead atoms. The summed E-state index contributed by atoms with van der Waals surface area (Å²) >= 11 is 6.07. The summed E-state index contributed by atoms with van der Waals surface area (Å²) in [5.74, 6) is 0.469. The van der Waals surface area contributed by atoms with E-state index in [0.29, 0.717) is 41.0 Å². The van der Waals surface area contributed by atoms with Gasteiger partial charge in [0.05, 0.1) is 23.4 Å². The lowest BCUT2D eigenvalue weighted by Gasteiger charge is -2.24. The number of ether oxygens (including phenoxy) is 2. The zero-order valence-electron chi connectivity index (χ0n) is 24.5. The molecule has 1 amide bonds. The van der Waals surface area contributed by atoms with E-state index in [0.717, 1.165) is 26.6 Å². The van der Waals surface area contributed by atoms with Crippen molar-refractivity contribution in [3.8, 4) is 11.5 Å². The molecule has 0 atom stereocenters. The van der Waals surface area contributed by atoms with Crippen LogP contribution in [0.4, 0.5) is 5.69 Å². The van der Waals surface area contributed by atoms with Crippen LogP contribution in [0.1, 0.15) is 34.7 Å². The molecule has 4 rings (SSSR count). The highest BCUT2D eigenvalue weighted by atomic mass is 35.5. The van der Waals surface area contributed by atoms with E-state index in [4.69, 9.17) is 21.1 Å². The van der Waals surface area contributed by atoms with Crippen LogP contribution >= 0.6 is 11.6 Å². The van der Waals surface area contributed by atoms with Crippen LogP contribution in [-0.2, 0) is 21.4 Å². The Hall–Kier alpha value is -4.34. The van der Waals surface area contributed by atoms with Gasteiger partial charge in [0.1, 0.15) is 13.2 Å². The fraction of sp³-hybridized carbons (Fsp3) is 0.212. The standard InChI is InChI=1S/C33H34ClN3O5S/c1-5-41-32-19-26(11-14-31(32)42-22-27-7-6-8-28(34)18-27)20-35-36-33(38)21-37(29-16-24(3)15-25(4)17-29)43(39,40)30-12-9-23(2)10-13-30/h6-20H,5,21-22H2,1-4H3,(H,36,38)/b35-20-. The number of hydrogen-bond acceptors (Lipinski definition) is 6. The van der Waals surface area contributed by atoms with E-state index in [1.807, 2.05) is 52.0 Å². The molecule has 0 saturated heterocycles. The number of nitrogens with one attached hydrogen (secondary N) is 1. The topological polar surface area (TPSA) is 97.3 Å². The van der Waals surface area contributed by atoms with Crippen molar-refractivity contribution in [3.05, 3.63) is 118 Å². The normalized spacial score (nSPS) is 11.4. The third-order valence-electron chi connectivity index (χ3n) is 6.34. The first kappa shape index (κ1) is 31.6. The number of sulfonamides is 1. The third kappa shape index (κ3) is 8.59. The van der Waals surface area contributed by atoms with Gasteiger partial charge in [-0.15, -0.1) is 0 Å². The molecule has 0 aliphatic heterocycles. The predicted octanol–water partition coefficient (Wildman–Crippen LogP) is 6.59. The lowest BCUT2D eigenvalue weighted by Crippen LogP contribution is -2.39. The average Bonchev–Trinajstić information content (AvgIpc) is 2.95. The summed E-state index contributed by atoms with van der Waals surface area (Å²) in [6.45, 7) is 7.78. The maximum Gasteiger partial charge on any atom is 0.264 e. The molecule has 0 radical (unpaired) electrons. The fourth-order valence-electron chi connectivity index (χ4n) is 4.37. The van der Waals surface area contributed by atoms with E-state index >= 15 is 0 Å². The second-order valence-electron chi connectivity index (χ2n) is 10.0. The van der Waals surface area contributed by atoms with Crippen LogP contribution < -0.4 is 19.2 Å². The maximum atomic E-state index is 13.7. The van der Waals surface area contributed by atoms with Gasteiger partial charge in [-0.3, -0.25) is 9.10 Å². The zero-order chi connectivity index (χ0) is 31.0. The summed E-state index contributed by atoms with van der Waals surface area (Å²) in [5.41, 5.74) is 7.10. The third-order valence-corrected chi connectivity index (χ3v) is 8.37. The first-order valence-electron chi connectivity index (χ1n) is 13.7. The Morgan fingerprint density at radius 1 is 0.884 bits per heavy atom. The minimum Gasteiger partial charge on any atom is -0.490 e. The first-order valence-corrected chi connectivity index (χ1v) is 15.5. The second-order valence-corrected chi connectivity index (χ2v) is 12.3. The predicted molar refractivity (Wildman–Crippen MR) is 171 cm³/mol. The Labute approximate surface area is 258 Å². The largest absolute Gasteiger partial charge is 0.490 e. The van der Waals surface area contributed by atoms with Gasteiger partial charge < -0.3 is 9.47 Å². The van der Waals surface area contributed by atoms with Crippen molar-refractivity contribution >= 4 is 39.4 Å². The van der Waals surface area contributed by atoms with Crippen molar-refractivity contribution in [2.45, 2.75) is 39.2 Å². The number of rotatable bonds is 12. The van der Waals surface area contributed by atoms with Crippen molar-refractivity contribution in [3.63, 3.8) is 0 Å². The molecule has 0 fully saturated rings. The molecule has 4 aromatic rings. The van der Waals surface area contributed by atoms with E-state index in [-0.39, 0.29) is 4.90 Å². The van der Waals surface area contributed by atoms with E-state index in [1.54, 1.807) is 48.5 Å². The number of benzene rings is 4. The number of nitrogens with zero attached hydrogens (tertiary/aromatic N) is 2. The number of hydrogen-bond donors (Lipinski definition) is 1. The van der Waals surface area contributed by atoms with Crippen molar-refractivity contribution in [1.82, 2.24) is 5.43 Å². The molecule has 0 spiro atoms. The van der Waals surface area contributed by atoms with Gasteiger partial charge in [-0.25, -0.2) is 13.8 Å². The number of carbonyl (C=O) groups is 1. The molecule has 0 heterocycles. The van der Waals surface area contributed by atoms with E-state index in [9.17, 15) is 13.2 Å². The Morgan fingerprint density at radius 3 is 2.28 bits per heavy atom. The monoisotopic (exact) mass is 619 g/mol. The smallest absolute Gasteiger partial charge is 0.264 e. The van der Waals surface area contributed by atoms with Gasteiger partial charge in [-0.05, 0) is 105 Å². The highest BCUT2D eigenvalue weighted by molar-refractivity contribution is 7.92. The summed E-state index contributed by atoms with van der Waals surface area (Å²) < 4.78 is 40.1.